The molecule has 22 heavy (non-hydrogen) atoms. The van der Waals surface area contributed by atoms with Gasteiger partial charge in [-0.05, 0) is 61.1 Å². The minimum absolute atomic E-state index is 0.911. The maximum absolute atomic E-state index is 5.83. The molecule has 0 spiro atoms. The van der Waals surface area contributed by atoms with Crippen LogP contribution in [-0.4, -0.2) is 14.2 Å². The second kappa shape index (κ2) is 6.27. The fourth-order valence-corrected chi connectivity index (χ4v) is 3.26. The first-order valence-electron chi connectivity index (χ1n) is 7.75. The number of benzene rings is 2. The van der Waals surface area contributed by atoms with Gasteiger partial charge in [0.05, 0.1) is 14.2 Å². The van der Waals surface area contributed by atoms with Crippen molar-refractivity contribution in [1.29, 1.82) is 0 Å². The van der Waals surface area contributed by atoms with Crippen molar-refractivity contribution in [2.24, 2.45) is 0 Å². The van der Waals surface area contributed by atoms with Gasteiger partial charge < -0.3 is 9.47 Å². The summed E-state index contributed by atoms with van der Waals surface area (Å²) in [6.07, 6.45) is 3.20. The second-order valence-electron chi connectivity index (χ2n) is 5.70. The van der Waals surface area contributed by atoms with Gasteiger partial charge in [-0.1, -0.05) is 24.3 Å². The lowest BCUT2D eigenvalue weighted by molar-refractivity contribution is 0.370. The van der Waals surface area contributed by atoms with Gasteiger partial charge >= 0.3 is 0 Å². The zero-order valence-electron chi connectivity index (χ0n) is 13.5. The minimum Gasteiger partial charge on any atom is -0.497 e. The first kappa shape index (κ1) is 14.7. The van der Waals surface area contributed by atoms with E-state index in [-0.39, 0.29) is 0 Å². The highest BCUT2D eigenvalue weighted by atomic mass is 16.5. The number of hydrogen-bond donors (Lipinski definition) is 0. The molecular formula is C20H22O2. The minimum atomic E-state index is 0.911. The first-order chi connectivity index (χ1) is 10.7. The Morgan fingerprint density at radius 2 is 1.68 bits per heavy atom. The Bertz CT molecular complexity index is 713. The van der Waals surface area contributed by atoms with E-state index >= 15 is 0 Å². The molecule has 0 fully saturated rings. The summed E-state index contributed by atoms with van der Waals surface area (Å²) in [4.78, 5) is 0. The van der Waals surface area contributed by atoms with Crippen molar-refractivity contribution in [1.82, 2.24) is 0 Å². The van der Waals surface area contributed by atoms with E-state index in [1.54, 1.807) is 14.2 Å². The highest BCUT2D eigenvalue weighted by molar-refractivity contribution is 5.90. The Labute approximate surface area is 132 Å². The molecule has 0 heterocycles. The van der Waals surface area contributed by atoms with Crippen molar-refractivity contribution in [2.45, 2.75) is 26.2 Å². The summed E-state index contributed by atoms with van der Waals surface area (Å²) in [6.45, 7) is 2.16. The Hall–Kier alpha value is -2.22. The largest absolute Gasteiger partial charge is 0.497 e. The lowest BCUT2D eigenvalue weighted by atomic mass is 9.95. The van der Waals surface area contributed by atoms with Gasteiger partial charge in [0.2, 0.25) is 0 Å². The van der Waals surface area contributed by atoms with Crippen molar-refractivity contribution < 1.29 is 9.47 Å². The van der Waals surface area contributed by atoms with E-state index in [0.29, 0.717) is 0 Å². The van der Waals surface area contributed by atoms with E-state index in [2.05, 4.69) is 43.3 Å². The molecule has 2 heteroatoms. The summed E-state index contributed by atoms with van der Waals surface area (Å²) in [5.41, 5.74) is 6.40. The lowest BCUT2D eigenvalue weighted by Gasteiger charge is -2.16. The molecule has 114 valence electrons. The van der Waals surface area contributed by atoms with Gasteiger partial charge in [-0.2, -0.15) is 0 Å². The number of methoxy groups -OCH3 is 2. The molecule has 0 saturated heterocycles. The average molecular weight is 294 g/mol. The van der Waals surface area contributed by atoms with Crippen molar-refractivity contribution in [3.8, 4) is 5.75 Å². The van der Waals surface area contributed by atoms with Gasteiger partial charge in [0.15, 0.2) is 0 Å². The molecule has 1 aliphatic rings. The summed E-state index contributed by atoms with van der Waals surface area (Å²) >= 11 is 0. The molecule has 0 unspecified atom stereocenters. The van der Waals surface area contributed by atoms with Crippen LogP contribution in [0.25, 0.3) is 11.3 Å². The number of ether oxygens (including phenoxy) is 2. The van der Waals surface area contributed by atoms with Crippen LogP contribution in [0.3, 0.4) is 0 Å². The van der Waals surface area contributed by atoms with Crippen LogP contribution in [0.4, 0.5) is 0 Å². The van der Waals surface area contributed by atoms with Gasteiger partial charge in [-0.25, -0.2) is 0 Å². The number of fused-ring (bicyclic) bond motifs is 1. The molecule has 0 radical (unpaired) electrons. The average Bonchev–Trinajstić information content (AvgIpc) is 2.73. The highest BCUT2D eigenvalue weighted by Crippen LogP contribution is 2.38. The van der Waals surface area contributed by atoms with E-state index < -0.39 is 0 Å². The van der Waals surface area contributed by atoms with Crippen molar-refractivity contribution >= 4 is 11.3 Å². The molecule has 2 nitrogen and oxygen atoms in total. The van der Waals surface area contributed by atoms with E-state index in [9.17, 15) is 0 Å². The summed E-state index contributed by atoms with van der Waals surface area (Å²) in [5, 5.41) is 0. The predicted octanol–water partition coefficient (Wildman–Crippen LogP) is 4.85. The lowest BCUT2D eigenvalue weighted by Crippen LogP contribution is -1.97. The molecule has 0 N–H and O–H groups in total. The normalized spacial score (nSPS) is 14.3. The quantitative estimate of drug-likeness (QED) is 0.805. The molecule has 2 aromatic rings. The van der Waals surface area contributed by atoms with Gasteiger partial charge in [-0.15, -0.1) is 0 Å². The highest BCUT2D eigenvalue weighted by Gasteiger charge is 2.20. The third kappa shape index (κ3) is 2.61. The molecule has 0 aliphatic heterocycles. The summed E-state index contributed by atoms with van der Waals surface area (Å²) in [6, 6.07) is 14.8. The van der Waals surface area contributed by atoms with Gasteiger partial charge in [0, 0.05) is 11.1 Å². The molecule has 0 aromatic heterocycles. The van der Waals surface area contributed by atoms with Gasteiger partial charge in [-0.3, -0.25) is 0 Å². The Morgan fingerprint density at radius 3 is 2.41 bits per heavy atom. The van der Waals surface area contributed by atoms with Crippen LogP contribution in [0.1, 0.15) is 35.1 Å². The van der Waals surface area contributed by atoms with Gasteiger partial charge in [0.1, 0.15) is 11.5 Å². The van der Waals surface area contributed by atoms with Crippen molar-refractivity contribution in [3.63, 3.8) is 0 Å². The smallest absolute Gasteiger partial charge is 0.130 e. The molecular weight excluding hydrogens is 272 g/mol. The van der Waals surface area contributed by atoms with E-state index in [4.69, 9.17) is 9.47 Å². The fourth-order valence-electron chi connectivity index (χ4n) is 3.26. The van der Waals surface area contributed by atoms with Gasteiger partial charge in [0.25, 0.3) is 0 Å². The van der Waals surface area contributed by atoms with Crippen LogP contribution in [0.5, 0.6) is 5.75 Å². The number of hydrogen-bond acceptors (Lipinski definition) is 2. The van der Waals surface area contributed by atoms with Crippen molar-refractivity contribution in [3.05, 3.63) is 64.7 Å². The number of aryl methyl sites for hydroxylation is 2. The van der Waals surface area contributed by atoms with Crippen LogP contribution in [0, 0.1) is 6.92 Å². The standard InChI is InChI=1S/C20H22O2/c1-14-7-4-5-9-17(14)19-10-6-8-15-13-16(21-2)11-12-18(15)20(19)22-3/h4-5,7,9,11-13H,6,8,10H2,1-3H3. The topological polar surface area (TPSA) is 18.5 Å². The van der Waals surface area contributed by atoms with E-state index in [1.165, 1.54) is 27.8 Å². The SMILES string of the molecule is COC1=C(c2ccccc2C)CCCc2cc(OC)ccc21. The zero-order chi connectivity index (χ0) is 15.5. The van der Waals surface area contributed by atoms with Crippen LogP contribution in [0.15, 0.2) is 42.5 Å². The third-order valence-electron chi connectivity index (χ3n) is 4.38. The molecule has 0 saturated carbocycles. The molecule has 0 atom stereocenters. The zero-order valence-corrected chi connectivity index (χ0v) is 13.5. The molecule has 0 bridgehead atoms. The predicted molar refractivity (Wildman–Crippen MR) is 90.9 cm³/mol. The molecule has 2 aromatic carbocycles. The van der Waals surface area contributed by atoms with E-state index in [1.807, 2.05) is 6.07 Å². The van der Waals surface area contributed by atoms with Crippen LogP contribution in [-0.2, 0) is 11.2 Å². The fraction of sp³-hybridized carbons (Fsp3) is 0.300. The first-order valence-corrected chi connectivity index (χ1v) is 7.75. The summed E-state index contributed by atoms with van der Waals surface area (Å²) in [7, 11) is 3.48. The Morgan fingerprint density at radius 1 is 0.864 bits per heavy atom. The third-order valence-corrected chi connectivity index (χ3v) is 4.38. The van der Waals surface area contributed by atoms with Crippen LogP contribution < -0.4 is 4.74 Å². The van der Waals surface area contributed by atoms with Crippen LogP contribution in [0.2, 0.25) is 0 Å². The Kier molecular flexibility index (Phi) is 4.19. The summed E-state index contributed by atoms with van der Waals surface area (Å²) < 4.78 is 11.2. The number of allylic oxidation sites excluding steroid dienone is 1. The maximum Gasteiger partial charge on any atom is 0.130 e. The van der Waals surface area contributed by atoms with Crippen LogP contribution >= 0.6 is 0 Å². The Balaban J connectivity index is 2.19. The van der Waals surface area contributed by atoms with Crippen molar-refractivity contribution in [2.75, 3.05) is 14.2 Å². The maximum atomic E-state index is 5.83. The van der Waals surface area contributed by atoms with E-state index in [0.717, 1.165) is 30.8 Å². The molecule has 3 rings (SSSR count). The monoisotopic (exact) mass is 294 g/mol. The summed E-state index contributed by atoms with van der Waals surface area (Å²) in [5.74, 6) is 1.91. The molecule has 0 amide bonds. The number of rotatable bonds is 3. The second-order valence-corrected chi connectivity index (χ2v) is 5.70. The molecule has 1 aliphatic carbocycles.